The predicted molar refractivity (Wildman–Crippen MR) is 70.8 cm³/mol. The molecule has 1 aromatic carbocycles. The number of ether oxygens (including phenoxy) is 1. The van der Waals surface area contributed by atoms with Crippen molar-refractivity contribution in [3.8, 4) is 5.75 Å². The molecular formula is C14H15FO2S. The Morgan fingerprint density at radius 3 is 2.61 bits per heavy atom. The summed E-state index contributed by atoms with van der Waals surface area (Å²) in [6.07, 6.45) is -0.994. The molecule has 0 amide bonds. The number of rotatable bonds is 3. The smallest absolute Gasteiger partial charge is 0.133 e. The lowest BCUT2D eigenvalue weighted by Crippen LogP contribution is -2.05. The van der Waals surface area contributed by atoms with Crippen LogP contribution in [0.3, 0.4) is 0 Å². The number of aliphatic hydroxyl groups is 1. The number of methoxy groups -OCH3 is 1. The van der Waals surface area contributed by atoms with Gasteiger partial charge in [0.25, 0.3) is 0 Å². The first-order chi connectivity index (χ1) is 8.54. The van der Waals surface area contributed by atoms with E-state index in [-0.39, 0.29) is 5.56 Å². The lowest BCUT2D eigenvalue weighted by molar-refractivity contribution is 0.208. The van der Waals surface area contributed by atoms with Crippen LogP contribution in [0.5, 0.6) is 5.75 Å². The molecule has 2 rings (SSSR count). The van der Waals surface area contributed by atoms with Gasteiger partial charge in [-0.15, -0.1) is 11.3 Å². The Labute approximate surface area is 110 Å². The molecule has 1 unspecified atom stereocenters. The van der Waals surface area contributed by atoms with Crippen LogP contribution in [-0.2, 0) is 0 Å². The summed E-state index contributed by atoms with van der Waals surface area (Å²) in [6, 6.07) is 6.43. The Bertz CT molecular complexity index is 563. The third kappa shape index (κ3) is 2.26. The minimum absolute atomic E-state index is 0.195. The van der Waals surface area contributed by atoms with E-state index in [1.54, 1.807) is 23.5 Å². The first kappa shape index (κ1) is 13.1. The van der Waals surface area contributed by atoms with Crippen molar-refractivity contribution in [3.63, 3.8) is 0 Å². The molecule has 1 heterocycles. The van der Waals surface area contributed by atoms with Crippen LogP contribution >= 0.6 is 11.3 Å². The van der Waals surface area contributed by atoms with Gasteiger partial charge in [-0.05, 0) is 37.6 Å². The Morgan fingerprint density at radius 1 is 1.33 bits per heavy atom. The number of benzene rings is 1. The summed E-state index contributed by atoms with van der Waals surface area (Å²) in [6.45, 7) is 3.88. The fourth-order valence-corrected chi connectivity index (χ4v) is 3.00. The molecule has 0 saturated heterocycles. The van der Waals surface area contributed by atoms with Gasteiger partial charge in [-0.25, -0.2) is 4.39 Å². The van der Waals surface area contributed by atoms with Gasteiger partial charge < -0.3 is 9.84 Å². The van der Waals surface area contributed by atoms with E-state index >= 15 is 0 Å². The van der Waals surface area contributed by atoms with E-state index in [0.717, 1.165) is 15.3 Å². The molecule has 1 N–H and O–H groups in total. The topological polar surface area (TPSA) is 29.5 Å². The van der Waals surface area contributed by atoms with E-state index in [1.807, 2.05) is 19.9 Å². The Morgan fingerprint density at radius 2 is 2.06 bits per heavy atom. The molecule has 0 fully saturated rings. The molecule has 0 aliphatic heterocycles. The van der Waals surface area contributed by atoms with E-state index < -0.39 is 11.9 Å². The highest BCUT2D eigenvalue weighted by atomic mass is 32.1. The van der Waals surface area contributed by atoms with Gasteiger partial charge in [0.15, 0.2) is 0 Å². The van der Waals surface area contributed by atoms with Crippen molar-refractivity contribution < 1.29 is 14.2 Å². The minimum Gasteiger partial charge on any atom is -0.496 e. The number of hydrogen-bond acceptors (Lipinski definition) is 3. The molecule has 1 atom stereocenters. The Balaban J connectivity index is 2.52. The molecule has 0 aliphatic carbocycles. The predicted octanol–water partition coefficient (Wildman–Crippen LogP) is 3.59. The molecule has 2 aromatic rings. The van der Waals surface area contributed by atoms with Crippen LogP contribution < -0.4 is 4.74 Å². The zero-order valence-electron chi connectivity index (χ0n) is 10.5. The Kier molecular flexibility index (Phi) is 3.68. The third-order valence-corrected chi connectivity index (χ3v) is 3.86. The average Bonchev–Trinajstić information content (AvgIpc) is 2.67. The van der Waals surface area contributed by atoms with Crippen LogP contribution in [0.25, 0.3) is 0 Å². The molecule has 0 radical (unpaired) electrons. The van der Waals surface area contributed by atoms with Gasteiger partial charge in [0.05, 0.1) is 12.7 Å². The van der Waals surface area contributed by atoms with E-state index in [4.69, 9.17) is 4.74 Å². The van der Waals surface area contributed by atoms with Gasteiger partial charge in [0.2, 0.25) is 0 Å². The van der Waals surface area contributed by atoms with Crippen molar-refractivity contribution >= 4 is 11.3 Å². The molecule has 0 saturated carbocycles. The first-order valence-electron chi connectivity index (χ1n) is 5.62. The summed E-state index contributed by atoms with van der Waals surface area (Å²) < 4.78 is 19.0. The van der Waals surface area contributed by atoms with Gasteiger partial charge >= 0.3 is 0 Å². The zero-order chi connectivity index (χ0) is 13.3. The SMILES string of the molecule is COc1cccc(F)c1C(O)c1cc(C)sc1C. The van der Waals surface area contributed by atoms with Crippen molar-refractivity contribution in [2.24, 2.45) is 0 Å². The third-order valence-electron chi connectivity index (χ3n) is 2.88. The normalized spacial score (nSPS) is 12.5. The van der Waals surface area contributed by atoms with Crippen molar-refractivity contribution in [2.75, 3.05) is 7.11 Å². The van der Waals surface area contributed by atoms with Crippen LogP contribution in [0.4, 0.5) is 4.39 Å². The highest BCUT2D eigenvalue weighted by Gasteiger charge is 2.22. The molecular weight excluding hydrogens is 251 g/mol. The average molecular weight is 266 g/mol. The van der Waals surface area contributed by atoms with Gasteiger partial charge in [-0.3, -0.25) is 0 Å². The number of halogens is 1. The molecule has 0 aliphatic rings. The summed E-state index contributed by atoms with van der Waals surface area (Å²) >= 11 is 1.59. The number of aliphatic hydroxyl groups excluding tert-OH is 1. The second-order valence-electron chi connectivity index (χ2n) is 4.13. The summed E-state index contributed by atoms with van der Waals surface area (Å²) in [4.78, 5) is 2.09. The molecule has 4 heteroatoms. The zero-order valence-corrected chi connectivity index (χ0v) is 11.3. The minimum atomic E-state index is -0.994. The molecule has 0 bridgehead atoms. The fourth-order valence-electron chi connectivity index (χ4n) is 2.04. The molecule has 18 heavy (non-hydrogen) atoms. The lowest BCUT2D eigenvalue weighted by Gasteiger charge is -2.15. The first-order valence-corrected chi connectivity index (χ1v) is 6.43. The summed E-state index contributed by atoms with van der Waals surface area (Å²) in [5.74, 6) is -0.0872. The van der Waals surface area contributed by atoms with Crippen molar-refractivity contribution in [1.29, 1.82) is 0 Å². The van der Waals surface area contributed by atoms with Crippen LogP contribution in [0.2, 0.25) is 0 Å². The monoisotopic (exact) mass is 266 g/mol. The van der Waals surface area contributed by atoms with Crippen LogP contribution in [-0.4, -0.2) is 12.2 Å². The van der Waals surface area contributed by atoms with Gasteiger partial charge in [0, 0.05) is 9.75 Å². The molecule has 0 spiro atoms. The second-order valence-corrected chi connectivity index (χ2v) is 5.59. The van der Waals surface area contributed by atoms with E-state index in [0.29, 0.717) is 5.75 Å². The number of hydrogen-bond donors (Lipinski definition) is 1. The van der Waals surface area contributed by atoms with Crippen molar-refractivity contribution in [2.45, 2.75) is 20.0 Å². The molecule has 2 nitrogen and oxygen atoms in total. The van der Waals surface area contributed by atoms with Crippen molar-refractivity contribution in [3.05, 3.63) is 51.0 Å². The summed E-state index contributed by atoms with van der Waals surface area (Å²) in [5, 5.41) is 10.4. The van der Waals surface area contributed by atoms with Crippen LogP contribution in [0.15, 0.2) is 24.3 Å². The number of thiophene rings is 1. The van der Waals surface area contributed by atoms with E-state index in [9.17, 15) is 9.50 Å². The molecule has 96 valence electrons. The maximum atomic E-state index is 13.9. The van der Waals surface area contributed by atoms with Crippen LogP contribution in [0, 0.1) is 19.7 Å². The lowest BCUT2D eigenvalue weighted by atomic mass is 10.0. The Hall–Kier alpha value is -1.39. The van der Waals surface area contributed by atoms with Crippen LogP contribution in [0.1, 0.15) is 27.0 Å². The highest BCUT2D eigenvalue weighted by Crippen LogP contribution is 2.36. The standard InChI is InChI=1S/C14H15FO2S/c1-8-7-10(9(2)18-8)14(16)13-11(15)5-4-6-12(13)17-3/h4-7,14,16H,1-3H3. The quantitative estimate of drug-likeness (QED) is 0.920. The fraction of sp³-hybridized carbons (Fsp3) is 0.286. The van der Waals surface area contributed by atoms with Gasteiger partial charge in [-0.2, -0.15) is 0 Å². The largest absolute Gasteiger partial charge is 0.496 e. The van der Waals surface area contributed by atoms with E-state index in [2.05, 4.69) is 0 Å². The second kappa shape index (κ2) is 5.08. The summed E-state index contributed by atoms with van der Waals surface area (Å²) in [5.41, 5.74) is 0.932. The maximum Gasteiger partial charge on any atom is 0.133 e. The highest BCUT2D eigenvalue weighted by molar-refractivity contribution is 7.12. The van der Waals surface area contributed by atoms with Gasteiger partial charge in [-0.1, -0.05) is 6.07 Å². The summed E-state index contributed by atoms with van der Waals surface area (Å²) in [7, 11) is 1.47. The van der Waals surface area contributed by atoms with Gasteiger partial charge in [0.1, 0.15) is 17.7 Å². The van der Waals surface area contributed by atoms with E-state index in [1.165, 1.54) is 13.2 Å². The molecule has 1 aromatic heterocycles. The number of aryl methyl sites for hydroxylation is 2. The van der Waals surface area contributed by atoms with Crippen molar-refractivity contribution in [1.82, 2.24) is 0 Å². The maximum absolute atomic E-state index is 13.9.